The maximum atomic E-state index is 12.0. The van der Waals surface area contributed by atoms with Crippen LogP contribution in [0, 0.1) is 5.92 Å². The SMILES string of the molecule is O=C(CCc1cc2ccccc2o1)C1CCCC1. The van der Waals surface area contributed by atoms with Gasteiger partial charge >= 0.3 is 0 Å². The van der Waals surface area contributed by atoms with Crippen LogP contribution in [0.4, 0.5) is 0 Å². The van der Waals surface area contributed by atoms with Gasteiger partial charge in [0.15, 0.2) is 0 Å². The Morgan fingerprint density at radius 3 is 2.78 bits per heavy atom. The molecular formula is C16H18O2. The van der Waals surface area contributed by atoms with Crippen LogP contribution in [-0.2, 0) is 11.2 Å². The van der Waals surface area contributed by atoms with E-state index in [1.807, 2.05) is 24.3 Å². The lowest BCUT2D eigenvalue weighted by Crippen LogP contribution is -2.11. The third-order valence-corrected chi connectivity index (χ3v) is 3.90. The fourth-order valence-electron chi connectivity index (χ4n) is 2.86. The first-order chi connectivity index (χ1) is 8.83. The van der Waals surface area contributed by atoms with Crippen molar-refractivity contribution in [2.75, 3.05) is 0 Å². The number of fused-ring (bicyclic) bond motifs is 1. The molecule has 1 heterocycles. The van der Waals surface area contributed by atoms with Gasteiger partial charge in [-0.25, -0.2) is 0 Å². The lowest BCUT2D eigenvalue weighted by atomic mass is 9.98. The highest BCUT2D eigenvalue weighted by atomic mass is 16.3. The first-order valence-electron chi connectivity index (χ1n) is 6.83. The Bertz CT molecular complexity index is 514. The van der Waals surface area contributed by atoms with Gasteiger partial charge in [-0.05, 0) is 25.0 Å². The Morgan fingerprint density at radius 1 is 1.22 bits per heavy atom. The van der Waals surface area contributed by atoms with E-state index in [0.717, 1.165) is 36.0 Å². The summed E-state index contributed by atoms with van der Waals surface area (Å²) < 4.78 is 5.73. The summed E-state index contributed by atoms with van der Waals surface area (Å²) in [5.41, 5.74) is 0.917. The average Bonchev–Trinajstić information content (AvgIpc) is 3.04. The second kappa shape index (κ2) is 4.97. The summed E-state index contributed by atoms with van der Waals surface area (Å²) >= 11 is 0. The minimum Gasteiger partial charge on any atom is -0.461 e. The first-order valence-corrected chi connectivity index (χ1v) is 6.83. The molecule has 3 rings (SSSR count). The number of hydrogen-bond acceptors (Lipinski definition) is 2. The molecule has 1 fully saturated rings. The zero-order chi connectivity index (χ0) is 12.4. The maximum absolute atomic E-state index is 12.0. The van der Waals surface area contributed by atoms with E-state index < -0.39 is 0 Å². The molecule has 0 atom stereocenters. The predicted molar refractivity (Wildman–Crippen MR) is 71.5 cm³/mol. The van der Waals surface area contributed by atoms with E-state index in [0.29, 0.717) is 18.1 Å². The topological polar surface area (TPSA) is 30.2 Å². The normalized spacial score (nSPS) is 16.4. The molecule has 1 aliphatic rings. The van der Waals surface area contributed by atoms with E-state index in [9.17, 15) is 4.79 Å². The van der Waals surface area contributed by atoms with Gasteiger partial charge < -0.3 is 4.42 Å². The largest absolute Gasteiger partial charge is 0.461 e. The van der Waals surface area contributed by atoms with Crippen molar-refractivity contribution in [2.45, 2.75) is 38.5 Å². The number of furan rings is 1. The lowest BCUT2D eigenvalue weighted by Gasteiger charge is -2.05. The van der Waals surface area contributed by atoms with E-state index in [4.69, 9.17) is 4.42 Å². The van der Waals surface area contributed by atoms with Crippen molar-refractivity contribution in [1.29, 1.82) is 0 Å². The molecule has 0 aliphatic heterocycles. The van der Waals surface area contributed by atoms with E-state index in [1.165, 1.54) is 12.8 Å². The molecule has 0 radical (unpaired) electrons. The molecule has 0 amide bonds. The number of rotatable bonds is 4. The second-order valence-electron chi connectivity index (χ2n) is 5.20. The van der Waals surface area contributed by atoms with Crippen LogP contribution >= 0.6 is 0 Å². The second-order valence-corrected chi connectivity index (χ2v) is 5.20. The van der Waals surface area contributed by atoms with Gasteiger partial charge in [-0.1, -0.05) is 31.0 Å². The molecule has 1 aromatic carbocycles. The van der Waals surface area contributed by atoms with Crippen LogP contribution in [0.3, 0.4) is 0 Å². The number of hydrogen-bond donors (Lipinski definition) is 0. The summed E-state index contributed by atoms with van der Waals surface area (Å²) in [6.07, 6.45) is 6.01. The molecule has 0 saturated heterocycles. The summed E-state index contributed by atoms with van der Waals surface area (Å²) in [6, 6.07) is 10.0. The van der Waals surface area contributed by atoms with Gasteiger partial charge in [0.1, 0.15) is 17.1 Å². The summed E-state index contributed by atoms with van der Waals surface area (Å²) in [4.78, 5) is 12.0. The van der Waals surface area contributed by atoms with E-state index in [1.54, 1.807) is 0 Å². The van der Waals surface area contributed by atoms with Crippen LogP contribution in [-0.4, -0.2) is 5.78 Å². The Hall–Kier alpha value is -1.57. The Morgan fingerprint density at radius 2 is 2.00 bits per heavy atom. The van der Waals surface area contributed by atoms with Gasteiger partial charge in [-0.15, -0.1) is 0 Å². The van der Waals surface area contributed by atoms with Crippen LogP contribution in [0.5, 0.6) is 0 Å². The summed E-state index contributed by atoms with van der Waals surface area (Å²) in [5.74, 6) is 1.69. The highest BCUT2D eigenvalue weighted by Gasteiger charge is 2.22. The third kappa shape index (κ3) is 2.33. The Labute approximate surface area is 107 Å². The molecule has 94 valence electrons. The molecule has 1 saturated carbocycles. The molecule has 1 aromatic heterocycles. The van der Waals surface area contributed by atoms with Gasteiger partial charge in [-0.2, -0.15) is 0 Å². The molecule has 18 heavy (non-hydrogen) atoms. The molecule has 2 heteroatoms. The fraction of sp³-hybridized carbons (Fsp3) is 0.438. The molecule has 0 bridgehead atoms. The average molecular weight is 242 g/mol. The summed E-state index contributed by atoms with van der Waals surface area (Å²) in [6.45, 7) is 0. The van der Waals surface area contributed by atoms with Crippen molar-refractivity contribution < 1.29 is 9.21 Å². The van der Waals surface area contributed by atoms with Crippen molar-refractivity contribution in [3.8, 4) is 0 Å². The number of carbonyl (C=O) groups excluding carboxylic acids is 1. The van der Waals surface area contributed by atoms with Crippen molar-refractivity contribution in [2.24, 2.45) is 5.92 Å². The van der Waals surface area contributed by atoms with Crippen LogP contribution in [0.25, 0.3) is 11.0 Å². The zero-order valence-corrected chi connectivity index (χ0v) is 10.5. The van der Waals surface area contributed by atoms with E-state index in [-0.39, 0.29) is 0 Å². The summed E-state index contributed by atoms with van der Waals surface area (Å²) in [7, 11) is 0. The molecule has 2 aromatic rings. The molecular weight excluding hydrogens is 224 g/mol. The fourth-order valence-corrected chi connectivity index (χ4v) is 2.86. The highest BCUT2D eigenvalue weighted by molar-refractivity contribution is 5.82. The van der Waals surface area contributed by atoms with Gasteiger partial charge in [0.05, 0.1) is 0 Å². The maximum Gasteiger partial charge on any atom is 0.136 e. The number of para-hydroxylation sites is 1. The quantitative estimate of drug-likeness (QED) is 0.807. The number of Topliss-reactive ketones (excluding diaryl/α,β-unsaturated/α-hetero) is 1. The van der Waals surface area contributed by atoms with Crippen LogP contribution < -0.4 is 0 Å². The molecule has 0 N–H and O–H groups in total. The van der Waals surface area contributed by atoms with Crippen LogP contribution in [0.15, 0.2) is 34.7 Å². The minimum absolute atomic E-state index is 0.328. The first kappa shape index (κ1) is 11.5. The van der Waals surface area contributed by atoms with Crippen molar-refractivity contribution in [3.63, 3.8) is 0 Å². The van der Waals surface area contributed by atoms with E-state index >= 15 is 0 Å². The number of carbonyl (C=O) groups is 1. The Balaban J connectivity index is 1.63. The number of ketones is 1. The third-order valence-electron chi connectivity index (χ3n) is 3.90. The van der Waals surface area contributed by atoms with Crippen molar-refractivity contribution in [3.05, 3.63) is 36.1 Å². The molecule has 0 unspecified atom stereocenters. The smallest absolute Gasteiger partial charge is 0.136 e. The van der Waals surface area contributed by atoms with Gasteiger partial charge in [0.25, 0.3) is 0 Å². The minimum atomic E-state index is 0.328. The van der Waals surface area contributed by atoms with E-state index in [2.05, 4.69) is 6.07 Å². The van der Waals surface area contributed by atoms with Gasteiger partial charge in [-0.3, -0.25) is 4.79 Å². The van der Waals surface area contributed by atoms with Gasteiger partial charge in [0.2, 0.25) is 0 Å². The van der Waals surface area contributed by atoms with Crippen molar-refractivity contribution in [1.82, 2.24) is 0 Å². The lowest BCUT2D eigenvalue weighted by molar-refractivity contribution is -0.122. The Kier molecular flexibility index (Phi) is 3.18. The van der Waals surface area contributed by atoms with Crippen LogP contribution in [0.1, 0.15) is 37.9 Å². The highest BCUT2D eigenvalue weighted by Crippen LogP contribution is 2.27. The molecule has 1 aliphatic carbocycles. The van der Waals surface area contributed by atoms with Gasteiger partial charge in [0, 0.05) is 24.1 Å². The summed E-state index contributed by atoms with van der Waals surface area (Å²) in [5, 5.41) is 1.13. The van der Waals surface area contributed by atoms with Crippen LogP contribution in [0.2, 0.25) is 0 Å². The molecule has 2 nitrogen and oxygen atoms in total. The van der Waals surface area contributed by atoms with Crippen molar-refractivity contribution >= 4 is 16.8 Å². The zero-order valence-electron chi connectivity index (χ0n) is 10.5. The standard InChI is InChI=1S/C16H18O2/c17-15(12-5-1-2-6-12)10-9-14-11-13-7-3-4-8-16(13)18-14/h3-4,7-8,11-12H,1-2,5-6,9-10H2. The molecule has 0 spiro atoms. The number of benzene rings is 1. The monoisotopic (exact) mass is 242 g/mol. The number of aryl methyl sites for hydroxylation is 1. The predicted octanol–water partition coefficient (Wildman–Crippen LogP) is 4.12.